The topological polar surface area (TPSA) is 58.6 Å². The zero-order chi connectivity index (χ0) is 12.1. The number of aliphatic hydroxyl groups is 1. The number of rotatable bonds is 4. The standard InChI is InChI=1S/C12H17NO3/c1-8-4-5-10(6-11(8)16-3)12(15)13-9(2)7-14/h4-6,9,14H,7H2,1-3H3,(H,13,15). The van der Waals surface area contributed by atoms with Gasteiger partial charge in [-0.25, -0.2) is 0 Å². The summed E-state index contributed by atoms with van der Waals surface area (Å²) in [6.07, 6.45) is 0. The summed E-state index contributed by atoms with van der Waals surface area (Å²) in [5, 5.41) is 11.5. The zero-order valence-corrected chi connectivity index (χ0v) is 9.78. The zero-order valence-electron chi connectivity index (χ0n) is 9.78. The van der Waals surface area contributed by atoms with Crippen LogP contribution >= 0.6 is 0 Å². The van der Waals surface area contributed by atoms with E-state index in [1.807, 2.05) is 13.0 Å². The number of benzene rings is 1. The van der Waals surface area contributed by atoms with E-state index in [1.165, 1.54) is 0 Å². The van der Waals surface area contributed by atoms with Crippen molar-refractivity contribution in [2.45, 2.75) is 19.9 Å². The molecule has 1 aromatic carbocycles. The Morgan fingerprint density at radius 2 is 2.25 bits per heavy atom. The second-order valence-electron chi connectivity index (χ2n) is 3.74. The molecule has 1 rings (SSSR count). The van der Waals surface area contributed by atoms with Gasteiger partial charge in [-0.3, -0.25) is 4.79 Å². The van der Waals surface area contributed by atoms with E-state index in [-0.39, 0.29) is 18.6 Å². The first-order valence-electron chi connectivity index (χ1n) is 5.15. The molecule has 1 aromatic rings. The van der Waals surface area contributed by atoms with Crippen LogP contribution < -0.4 is 10.1 Å². The Bertz CT molecular complexity index is 377. The highest BCUT2D eigenvalue weighted by molar-refractivity contribution is 5.94. The van der Waals surface area contributed by atoms with Crippen LogP contribution in [0.15, 0.2) is 18.2 Å². The third-order valence-electron chi connectivity index (χ3n) is 2.32. The van der Waals surface area contributed by atoms with Crippen LogP contribution in [0.25, 0.3) is 0 Å². The van der Waals surface area contributed by atoms with Gasteiger partial charge in [-0.15, -0.1) is 0 Å². The van der Waals surface area contributed by atoms with E-state index in [1.54, 1.807) is 26.2 Å². The summed E-state index contributed by atoms with van der Waals surface area (Å²) in [5.41, 5.74) is 1.51. The molecular formula is C12H17NO3. The van der Waals surface area contributed by atoms with Crippen LogP contribution in [0.1, 0.15) is 22.8 Å². The number of hydrogen-bond acceptors (Lipinski definition) is 3. The van der Waals surface area contributed by atoms with E-state index >= 15 is 0 Å². The molecule has 0 aromatic heterocycles. The van der Waals surface area contributed by atoms with Crippen molar-refractivity contribution >= 4 is 5.91 Å². The smallest absolute Gasteiger partial charge is 0.251 e. The molecule has 4 nitrogen and oxygen atoms in total. The highest BCUT2D eigenvalue weighted by Gasteiger charge is 2.10. The van der Waals surface area contributed by atoms with Gasteiger partial charge in [0.05, 0.1) is 13.7 Å². The third kappa shape index (κ3) is 2.97. The summed E-state index contributed by atoms with van der Waals surface area (Å²) in [5.74, 6) is 0.476. The van der Waals surface area contributed by atoms with Crippen LogP contribution in [-0.2, 0) is 0 Å². The molecule has 0 aliphatic rings. The maximum Gasteiger partial charge on any atom is 0.251 e. The van der Waals surface area contributed by atoms with E-state index < -0.39 is 0 Å². The minimum absolute atomic E-state index is 0.0747. The van der Waals surface area contributed by atoms with Gasteiger partial charge in [0.25, 0.3) is 5.91 Å². The van der Waals surface area contributed by atoms with Crippen LogP contribution in [0, 0.1) is 6.92 Å². The number of aryl methyl sites for hydroxylation is 1. The van der Waals surface area contributed by atoms with Crippen molar-refractivity contribution in [1.82, 2.24) is 5.32 Å². The number of carbonyl (C=O) groups excluding carboxylic acids is 1. The van der Waals surface area contributed by atoms with Crippen LogP contribution in [0.4, 0.5) is 0 Å². The van der Waals surface area contributed by atoms with Crippen LogP contribution in [-0.4, -0.2) is 30.8 Å². The number of ether oxygens (including phenoxy) is 1. The van der Waals surface area contributed by atoms with E-state index in [4.69, 9.17) is 9.84 Å². The first kappa shape index (κ1) is 12.5. The molecular weight excluding hydrogens is 206 g/mol. The van der Waals surface area contributed by atoms with E-state index in [0.717, 1.165) is 5.56 Å². The van der Waals surface area contributed by atoms with Crippen molar-refractivity contribution in [3.63, 3.8) is 0 Å². The first-order chi connectivity index (χ1) is 7.58. The molecule has 0 saturated carbocycles. The predicted molar refractivity (Wildman–Crippen MR) is 61.7 cm³/mol. The molecule has 0 fully saturated rings. The molecule has 0 aliphatic carbocycles. The Balaban J connectivity index is 2.84. The first-order valence-corrected chi connectivity index (χ1v) is 5.15. The Hall–Kier alpha value is -1.55. The van der Waals surface area contributed by atoms with Crippen molar-refractivity contribution in [2.75, 3.05) is 13.7 Å². The normalized spacial score (nSPS) is 12.0. The number of methoxy groups -OCH3 is 1. The predicted octanol–water partition coefficient (Wildman–Crippen LogP) is 1.11. The molecule has 0 spiro atoms. The van der Waals surface area contributed by atoms with Gasteiger partial charge in [0.15, 0.2) is 0 Å². The van der Waals surface area contributed by atoms with Gasteiger partial charge in [-0.1, -0.05) is 6.07 Å². The number of amides is 1. The van der Waals surface area contributed by atoms with Crippen molar-refractivity contribution < 1.29 is 14.6 Å². The maximum atomic E-state index is 11.7. The highest BCUT2D eigenvalue weighted by atomic mass is 16.5. The molecule has 1 amide bonds. The minimum Gasteiger partial charge on any atom is -0.496 e. The maximum absolute atomic E-state index is 11.7. The average molecular weight is 223 g/mol. The van der Waals surface area contributed by atoms with Crippen molar-refractivity contribution in [2.24, 2.45) is 0 Å². The van der Waals surface area contributed by atoms with Crippen LogP contribution in [0.2, 0.25) is 0 Å². The number of carbonyl (C=O) groups is 1. The lowest BCUT2D eigenvalue weighted by atomic mass is 10.1. The Morgan fingerprint density at radius 3 is 2.81 bits per heavy atom. The molecule has 4 heteroatoms. The van der Waals surface area contributed by atoms with E-state index in [0.29, 0.717) is 11.3 Å². The molecule has 16 heavy (non-hydrogen) atoms. The number of hydrogen-bond donors (Lipinski definition) is 2. The Morgan fingerprint density at radius 1 is 1.56 bits per heavy atom. The van der Waals surface area contributed by atoms with Crippen molar-refractivity contribution in [3.8, 4) is 5.75 Å². The Labute approximate surface area is 95.2 Å². The molecule has 0 saturated heterocycles. The molecule has 1 atom stereocenters. The van der Waals surface area contributed by atoms with Crippen LogP contribution in [0.3, 0.4) is 0 Å². The largest absolute Gasteiger partial charge is 0.496 e. The number of aliphatic hydroxyl groups excluding tert-OH is 1. The molecule has 0 radical (unpaired) electrons. The van der Waals surface area contributed by atoms with Gasteiger partial charge >= 0.3 is 0 Å². The molecule has 0 bridgehead atoms. The monoisotopic (exact) mass is 223 g/mol. The van der Waals surface area contributed by atoms with E-state index in [2.05, 4.69) is 5.32 Å². The second kappa shape index (κ2) is 5.51. The summed E-state index contributed by atoms with van der Waals surface area (Å²) in [7, 11) is 1.57. The van der Waals surface area contributed by atoms with Gasteiger partial charge in [-0.05, 0) is 31.5 Å². The molecule has 2 N–H and O–H groups in total. The summed E-state index contributed by atoms with van der Waals surface area (Å²) in [6, 6.07) is 5.00. The van der Waals surface area contributed by atoms with Gasteiger partial charge < -0.3 is 15.2 Å². The summed E-state index contributed by atoms with van der Waals surface area (Å²) in [4.78, 5) is 11.7. The van der Waals surface area contributed by atoms with Gasteiger partial charge in [-0.2, -0.15) is 0 Å². The van der Waals surface area contributed by atoms with Crippen LogP contribution in [0.5, 0.6) is 5.75 Å². The fraction of sp³-hybridized carbons (Fsp3) is 0.417. The lowest BCUT2D eigenvalue weighted by Crippen LogP contribution is -2.34. The fourth-order valence-corrected chi connectivity index (χ4v) is 1.31. The fourth-order valence-electron chi connectivity index (χ4n) is 1.31. The van der Waals surface area contributed by atoms with Gasteiger partial charge in [0, 0.05) is 11.6 Å². The van der Waals surface area contributed by atoms with Gasteiger partial charge in [0.1, 0.15) is 5.75 Å². The van der Waals surface area contributed by atoms with Gasteiger partial charge in [0.2, 0.25) is 0 Å². The lowest BCUT2D eigenvalue weighted by molar-refractivity contribution is 0.0922. The molecule has 88 valence electrons. The minimum atomic E-state index is -0.250. The summed E-state index contributed by atoms with van der Waals surface area (Å²) >= 11 is 0. The highest BCUT2D eigenvalue weighted by Crippen LogP contribution is 2.18. The summed E-state index contributed by atoms with van der Waals surface area (Å²) in [6.45, 7) is 3.58. The second-order valence-corrected chi connectivity index (χ2v) is 3.74. The SMILES string of the molecule is COc1cc(C(=O)NC(C)CO)ccc1C. The summed E-state index contributed by atoms with van der Waals surface area (Å²) < 4.78 is 5.14. The van der Waals surface area contributed by atoms with Crippen molar-refractivity contribution in [3.05, 3.63) is 29.3 Å². The Kier molecular flexibility index (Phi) is 4.31. The average Bonchev–Trinajstić information content (AvgIpc) is 2.29. The number of nitrogens with one attached hydrogen (secondary N) is 1. The molecule has 0 heterocycles. The molecule has 1 unspecified atom stereocenters. The third-order valence-corrected chi connectivity index (χ3v) is 2.32. The van der Waals surface area contributed by atoms with Crippen molar-refractivity contribution in [1.29, 1.82) is 0 Å². The van der Waals surface area contributed by atoms with E-state index in [9.17, 15) is 4.79 Å². The molecule has 0 aliphatic heterocycles. The lowest BCUT2D eigenvalue weighted by Gasteiger charge is -2.12. The quantitative estimate of drug-likeness (QED) is 0.804.